The Bertz CT molecular complexity index is 1220. The summed E-state index contributed by atoms with van der Waals surface area (Å²) in [5.74, 6) is -0.186. The number of carbonyl (C=O) groups excluding carboxylic acids is 3. The first-order valence-electron chi connectivity index (χ1n) is 11.8. The van der Waals surface area contributed by atoms with Crippen LogP contribution in [0.25, 0.3) is 0 Å². The number of nitrogens with zero attached hydrogens (tertiary/aromatic N) is 3. The van der Waals surface area contributed by atoms with Crippen LogP contribution in [0.2, 0.25) is 0 Å². The molecule has 2 aliphatic rings. The monoisotopic (exact) mass is 472 g/mol. The summed E-state index contributed by atoms with van der Waals surface area (Å²) in [6, 6.07) is 20.7. The highest BCUT2D eigenvalue weighted by Gasteiger charge is 2.54. The minimum atomic E-state index is -0.801. The normalized spacial score (nSPS) is 17.2. The van der Waals surface area contributed by atoms with E-state index in [2.05, 4.69) is 10.2 Å². The summed E-state index contributed by atoms with van der Waals surface area (Å²) in [6.07, 6.45) is 2.43. The summed E-state index contributed by atoms with van der Waals surface area (Å²) < 4.78 is 5.27. The predicted molar refractivity (Wildman–Crippen MR) is 132 cm³/mol. The van der Waals surface area contributed by atoms with Gasteiger partial charge < -0.3 is 24.4 Å². The highest BCUT2D eigenvalue weighted by molar-refractivity contribution is 5.99. The lowest BCUT2D eigenvalue weighted by molar-refractivity contribution is -0.136. The van der Waals surface area contributed by atoms with Crippen molar-refractivity contribution in [2.75, 3.05) is 36.5 Å². The number of furan rings is 1. The number of hydrogen-bond acceptors (Lipinski definition) is 5. The molecule has 0 bridgehead atoms. The fourth-order valence-corrected chi connectivity index (χ4v) is 5.05. The molecule has 2 aliphatic heterocycles. The Labute approximate surface area is 204 Å². The molecule has 3 aromatic rings. The van der Waals surface area contributed by atoms with Gasteiger partial charge in [0.15, 0.2) is 5.76 Å². The minimum absolute atomic E-state index is 0.0348. The molecule has 8 heteroatoms. The van der Waals surface area contributed by atoms with E-state index in [1.54, 1.807) is 21.9 Å². The van der Waals surface area contributed by atoms with Gasteiger partial charge in [0.25, 0.3) is 11.8 Å². The number of likely N-dealkylation sites (tertiary alicyclic amines) is 1. The predicted octanol–water partition coefficient (Wildman–Crippen LogP) is 3.51. The molecule has 0 radical (unpaired) electrons. The van der Waals surface area contributed by atoms with Crippen LogP contribution in [0.5, 0.6) is 0 Å². The third kappa shape index (κ3) is 4.39. The Kier molecular flexibility index (Phi) is 6.03. The van der Waals surface area contributed by atoms with Crippen molar-refractivity contribution in [2.24, 2.45) is 0 Å². The smallest absolute Gasteiger partial charge is 0.289 e. The number of hydrogen-bond donors (Lipinski definition) is 1. The number of rotatable bonds is 5. The lowest BCUT2D eigenvalue weighted by Gasteiger charge is -2.43. The number of piperidine rings is 1. The van der Waals surface area contributed by atoms with E-state index in [0.717, 1.165) is 11.3 Å². The molecule has 2 aromatic carbocycles. The van der Waals surface area contributed by atoms with Crippen molar-refractivity contribution in [3.8, 4) is 0 Å². The molecule has 180 valence electrons. The molecular weight excluding hydrogens is 444 g/mol. The molecular formula is C27H28N4O4. The Hall–Kier alpha value is -4.07. The lowest BCUT2D eigenvalue weighted by Crippen LogP contribution is -2.57. The maximum absolute atomic E-state index is 13.8. The van der Waals surface area contributed by atoms with Gasteiger partial charge in [-0.05, 0) is 61.7 Å². The van der Waals surface area contributed by atoms with Gasteiger partial charge in [-0.25, -0.2) is 0 Å². The molecule has 5 rings (SSSR count). The van der Waals surface area contributed by atoms with Crippen LogP contribution in [0.4, 0.5) is 11.4 Å². The van der Waals surface area contributed by atoms with Crippen molar-refractivity contribution in [3.63, 3.8) is 0 Å². The van der Waals surface area contributed by atoms with E-state index in [1.807, 2.05) is 61.5 Å². The van der Waals surface area contributed by atoms with Crippen molar-refractivity contribution in [1.29, 1.82) is 0 Å². The first-order chi connectivity index (χ1) is 17.0. The van der Waals surface area contributed by atoms with Crippen molar-refractivity contribution >= 4 is 29.1 Å². The average Bonchev–Trinajstić information content (AvgIpc) is 3.49. The Morgan fingerprint density at radius 2 is 1.77 bits per heavy atom. The molecule has 1 spiro atoms. The zero-order chi connectivity index (χ0) is 24.4. The molecule has 1 aromatic heterocycles. The summed E-state index contributed by atoms with van der Waals surface area (Å²) in [5.41, 5.74) is 1.88. The van der Waals surface area contributed by atoms with E-state index >= 15 is 0 Å². The largest absolute Gasteiger partial charge is 0.459 e. The topological polar surface area (TPSA) is 86.1 Å². The van der Waals surface area contributed by atoms with Gasteiger partial charge in [0.2, 0.25) is 5.91 Å². The molecule has 3 amide bonds. The van der Waals surface area contributed by atoms with Gasteiger partial charge in [-0.3, -0.25) is 14.4 Å². The number of amides is 3. The highest BCUT2D eigenvalue weighted by Crippen LogP contribution is 2.39. The standard InChI is InChI=1S/C27H28N4O4/c1-20-7-5-8-21(17-20)28-24(32)18-30-19-31(22-9-3-2-4-10-22)27(26(30)34)12-14-29(15-13-27)25(33)23-11-6-16-35-23/h2-11,16-17H,12-15,18-19H2,1H3,(H,28,32). The Morgan fingerprint density at radius 3 is 2.46 bits per heavy atom. The molecule has 0 aliphatic carbocycles. The van der Waals surface area contributed by atoms with Crippen molar-refractivity contribution in [1.82, 2.24) is 9.80 Å². The molecule has 0 unspecified atom stereocenters. The van der Waals surface area contributed by atoms with E-state index in [0.29, 0.717) is 44.0 Å². The molecule has 8 nitrogen and oxygen atoms in total. The second-order valence-corrected chi connectivity index (χ2v) is 9.13. The Balaban J connectivity index is 1.34. The van der Waals surface area contributed by atoms with Gasteiger partial charge in [0.1, 0.15) is 12.1 Å². The van der Waals surface area contributed by atoms with Crippen LogP contribution in [0, 0.1) is 6.92 Å². The quantitative estimate of drug-likeness (QED) is 0.614. The number of anilines is 2. The van der Waals surface area contributed by atoms with Gasteiger partial charge in [-0.2, -0.15) is 0 Å². The molecule has 35 heavy (non-hydrogen) atoms. The van der Waals surface area contributed by atoms with E-state index < -0.39 is 5.54 Å². The molecule has 2 fully saturated rings. The van der Waals surface area contributed by atoms with Crippen LogP contribution in [0.1, 0.15) is 29.0 Å². The average molecular weight is 473 g/mol. The Morgan fingerprint density at radius 1 is 1.00 bits per heavy atom. The molecule has 1 N–H and O–H groups in total. The van der Waals surface area contributed by atoms with Crippen LogP contribution in [-0.4, -0.2) is 59.4 Å². The number of carbonyl (C=O) groups is 3. The number of nitrogens with one attached hydrogen (secondary N) is 1. The fraction of sp³-hybridized carbons (Fsp3) is 0.296. The molecule has 0 saturated carbocycles. The first-order valence-corrected chi connectivity index (χ1v) is 11.8. The van der Waals surface area contributed by atoms with Crippen LogP contribution in [0.15, 0.2) is 77.4 Å². The van der Waals surface area contributed by atoms with Crippen LogP contribution >= 0.6 is 0 Å². The number of para-hydroxylation sites is 1. The summed E-state index contributed by atoms with van der Waals surface area (Å²) in [5, 5.41) is 2.90. The second kappa shape index (κ2) is 9.29. The van der Waals surface area contributed by atoms with E-state index in [1.165, 1.54) is 6.26 Å². The fourth-order valence-electron chi connectivity index (χ4n) is 5.05. The zero-order valence-corrected chi connectivity index (χ0v) is 19.6. The van der Waals surface area contributed by atoms with Gasteiger partial charge >= 0.3 is 0 Å². The van der Waals surface area contributed by atoms with Gasteiger partial charge in [-0.1, -0.05) is 30.3 Å². The third-order valence-corrected chi connectivity index (χ3v) is 6.83. The third-order valence-electron chi connectivity index (χ3n) is 6.83. The summed E-state index contributed by atoms with van der Waals surface area (Å²) in [7, 11) is 0. The molecule has 2 saturated heterocycles. The van der Waals surface area contributed by atoms with Crippen molar-refractivity contribution < 1.29 is 18.8 Å². The summed E-state index contributed by atoms with van der Waals surface area (Å²) in [6.45, 7) is 3.10. The number of aryl methyl sites for hydroxylation is 1. The van der Waals surface area contributed by atoms with Gasteiger partial charge in [-0.15, -0.1) is 0 Å². The number of benzene rings is 2. The zero-order valence-electron chi connectivity index (χ0n) is 19.6. The van der Waals surface area contributed by atoms with Crippen LogP contribution in [0.3, 0.4) is 0 Å². The second-order valence-electron chi connectivity index (χ2n) is 9.13. The van der Waals surface area contributed by atoms with Gasteiger partial charge in [0, 0.05) is 24.5 Å². The maximum Gasteiger partial charge on any atom is 0.289 e. The maximum atomic E-state index is 13.8. The van der Waals surface area contributed by atoms with Crippen molar-refractivity contribution in [2.45, 2.75) is 25.3 Å². The summed E-state index contributed by atoms with van der Waals surface area (Å²) >= 11 is 0. The minimum Gasteiger partial charge on any atom is -0.459 e. The van der Waals surface area contributed by atoms with Gasteiger partial charge in [0.05, 0.1) is 12.9 Å². The van der Waals surface area contributed by atoms with E-state index in [-0.39, 0.29) is 24.3 Å². The van der Waals surface area contributed by atoms with E-state index in [4.69, 9.17) is 4.42 Å². The van der Waals surface area contributed by atoms with Crippen LogP contribution < -0.4 is 10.2 Å². The molecule has 3 heterocycles. The van der Waals surface area contributed by atoms with Crippen LogP contribution in [-0.2, 0) is 9.59 Å². The summed E-state index contributed by atoms with van der Waals surface area (Å²) in [4.78, 5) is 44.8. The SMILES string of the molecule is Cc1cccc(NC(=O)CN2CN(c3ccccc3)C3(CCN(C(=O)c4ccco4)CC3)C2=O)c1. The lowest BCUT2D eigenvalue weighted by atomic mass is 9.85. The molecule has 0 atom stereocenters. The van der Waals surface area contributed by atoms with E-state index in [9.17, 15) is 14.4 Å². The van der Waals surface area contributed by atoms with Crippen molar-refractivity contribution in [3.05, 3.63) is 84.3 Å². The first kappa shape index (κ1) is 22.7. The highest BCUT2D eigenvalue weighted by atomic mass is 16.3.